The topological polar surface area (TPSA) is 24.9 Å². The van der Waals surface area contributed by atoms with Crippen molar-refractivity contribution < 1.29 is 0 Å². The third kappa shape index (κ3) is 5.15. The van der Waals surface area contributed by atoms with Crippen molar-refractivity contribution in [2.24, 2.45) is 0 Å². The van der Waals surface area contributed by atoms with Crippen LogP contribution in [0.4, 0.5) is 5.69 Å². The highest BCUT2D eigenvalue weighted by Gasteiger charge is 2.16. The summed E-state index contributed by atoms with van der Waals surface area (Å²) in [6, 6.07) is 4.04. The van der Waals surface area contributed by atoms with E-state index in [0.717, 1.165) is 5.69 Å². The Bertz CT molecular complexity index is 280. The van der Waals surface area contributed by atoms with Crippen LogP contribution in [0.15, 0.2) is 24.5 Å². The zero-order valence-electron chi connectivity index (χ0n) is 10.8. The number of hydrogen-bond acceptors (Lipinski definition) is 2. The van der Waals surface area contributed by atoms with Gasteiger partial charge in [0, 0.05) is 17.9 Å². The highest BCUT2D eigenvalue weighted by molar-refractivity contribution is 5.42. The van der Waals surface area contributed by atoms with Crippen LogP contribution in [-0.2, 0) is 0 Å². The Kier molecular flexibility index (Phi) is 5.30. The molecule has 1 heterocycles. The molecule has 2 heteroatoms. The molecule has 0 fully saturated rings. The first kappa shape index (κ1) is 13.0. The highest BCUT2D eigenvalue weighted by atomic mass is 15.0. The van der Waals surface area contributed by atoms with Crippen LogP contribution in [0.25, 0.3) is 0 Å². The van der Waals surface area contributed by atoms with Crippen molar-refractivity contribution in [2.75, 3.05) is 5.32 Å². The van der Waals surface area contributed by atoms with Gasteiger partial charge in [0.15, 0.2) is 0 Å². The van der Waals surface area contributed by atoms with Gasteiger partial charge in [-0.05, 0) is 32.4 Å². The molecule has 0 bridgehead atoms. The second-order valence-corrected chi connectivity index (χ2v) is 5.06. The molecule has 0 aromatic carbocycles. The molecule has 1 aromatic heterocycles. The van der Waals surface area contributed by atoms with E-state index in [1.165, 1.54) is 32.1 Å². The van der Waals surface area contributed by atoms with Gasteiger partial charge in [0.2, 0.25) is 0 Å². The van der Waals surface area contributed by atoms with Crippen LogP contribution in [0, 0.1) is 0 Å². The summed E-state index contributed by atoms with van der Waals surface area (Å²) in [5.74, 6) is 0. The molecule has 0 aliphatic rings. The van der Waals surface area contributed by atoms with Crippen LogP contribution in [0.1, 0.15) is 52.9 Å². The average Bonchev–Trinajstić information content (AvgIpc) is 2.25. The van der Waals surface area contributed by atoms with E-state index in [0.29, 0.717) is 0 Å². The smallest absolute Gasteiger partial charge is 0.0530 e. The fourth-order valence-corrected chi connectivity index (χ4v) is 1.88. The molecule has 0 aliphatic carbocycles. The summed E-state index contributed by atoms with van der Waals surface area (Å²) in [6.07, 6.45) is 10.2. The van der Waals surface area contributed by atoms with Gasteiger partial charge in [-0.3, -0.25) is 4.98 Å². The summed E-state index contributed by atoms with van der Waals surface area (Å²) in [4.78, 5) is 4.12. The molecule has 0 aliphatic heterocycles. The Labute approximate surface area is 99.5 Å². The SMILES string of the molecule is CCCCCCC(C)(C)Nc1cccnc1. The molecule has 1 aromatic rings. The second kappa shape index (κ2) is 6.51. The van der Waals surface area contributed by atoms with Gasteiger partial charge in [0.05, 0.1) is 5.69 Å². The second-order valence-electron chi connectivity index (χ2n) is 5.06. The first-order valence-corrected chi connectivity index (χ1v) is 6.32. The molecule has 1 rings (SSSR count). The maximum absolute atomic E-state index is 4.12. The minimum absolute atomic E-state index is 0.163. The maximum atomic E-state index is 4.12. The summed E-state index contributed by atoms with van der Waals surface area (Å²) in [7, 11) is 0. The number of nitrogens with one attached hydrogen (secondary N) is 1. The lowest BCUT2D eigenvalue weighted by Crippen LogP contribution is -2.30. The predicted molar refractivity (Wildman–Crippen MR) is 70.7 cm³/mol. The van der Waals surface area contributed by atoms with Gasteiger partial charge in [-0.25, -0.2) is 0 Å². The monoisotopic (exact) mass is 220 g/mol. The molecule has 0 radical (unpaired) electrons. The molecule has 1 N–H and O–H groups in total. The number of aromatic nitrogens is 1. The van der Waals surface area contributed by atoms with Gasteiger partial charge in [-0.15, -0.1) is 0 Å². The Balaban J connectivity index is 2.33. The molecular weight excluding hydrogens is 196 g/mol. The van der Waals surface area contributed by atoms with Crippen LogP contribution in [0.3, 0.4) is 0 Å². The summed E-state index contributed by atoms with van der Waals surface area (Å²) >= 11 is 0. The first-order chi connectivity index (χ1) is 7.64. The number of unbranched alkanes of at least 4 members (excludes halogenated alkanes) is 3. The van der Waals surface area contributed by atoms with Gasteiger partial charge < -0.3 is 5.32 Å². The van der Waals surface area contributed by atoms with Gasteiger partial charge in [-0.2, -0.15) is 0 Å². The average molecular weight is 220 g/mol. The van der Waals surface area contributed by atoms with Crippen LogP contribution >= 0.6 is 0 Å². The molecule has 2 nitrogen and oxygen atoms in total. The molecule has 0 amide bonds. The van der Waals surface area contributed by atoms with E-state index in [-0.39, 0.29) is 5.54 Å². The Morgan fingerprint density at radius 3 is 2.69 bits per heavy atom. The Morgan fingerprint density at radius 1 is 1.25 bits per heavy atom. The van der Waals surface area contributed by atoms with Crippen molar-refractivity contribution >= 4 is 5.69 Å². The van der Waals surface area contributed by atoms with Gasteiger partial charge in [0.1, 0.15) is 0 Å². The van der Waals surface area contributed by atoms with Gasteiger partial charge in [-0.1, -0.05) is 32.6 Å². The van der Waals surface area contributed by atoms with E-state index < -0.39 is 0 Å². The zero-order valence-corrected chi connectivity index (χ0v) is 10.8. The molecule has 90 valence electrons. The van der Waals surface area contributed by atoms with E-state index in [9.17, 15) is 0 Å². The largest absolute Gasteiger partial charge is 0.379 e. The lowest BCUT2D eigenvalue weighted by Gasteiger charge is -2.27. The van der Waals surface area contributed by atoms with E-state index in [4.69, 9.17) is 0 Å². The van der Waals surface area contributed by atoms with Crippen molar-refractivity contribution in [1.82, 2.24) is 4.98 Å². The predicted octanol–water partition coefficient (Wildman–Crippen LogP) is 4.24. The van der Waals surface area contributed by atoms with Crippen molar-refractivity contribution in [2.45, 2.75) is 58.4 Å². The third-order valence-electron chi connectivity index (χ3n) is 2.80. The summed E-state index contributed by atoms with van der Waals surface area (Å²) in [5.41, 5.74) is 1.28. The highest BCUT2D eigenvalue weighted by Crippen LogP contribution is 2.20. The fraction of sp³-hybridized carbons (Fsp3) is 0.643. The van der Waals surface area contributed by atoms with Gasteiger partial charge in [0.25, 0.3) is 0 Å². The van der Waals surface area contributed by atoms with E-state index in [1.54, 1.807) is 6.20 Å². The van der Waals surface area contributed by atoms with Crippen LogP contribution < -0.4 is 5.32 Å². The van der Waals surface area contributed by atoms with Gasteiger partial charge >= 0.3 is 0 Å². The molecule has 0 saturated heterocycles. The number of hydrogen-bond donors (Lipinski definition) is 1. The number of nitrogens with zero attached hydrogens (tertiary/aromatic N) is 1. The van der Waals surface area contributed by atoms with Crippen molar-refractivity contribution in [3.05, 3.63) is 24.5 Å². The van der Waals surface area contributed by atoms with Crippen molar-refractivity contribution in [3.63, 3.8) is 0 Å². The lowest BCUT2D eigenvalue weighted by atomic mass is 9.96. The van der Waals surface area contributed by atoms with Crippen LogP contribution in [0.5, 0.6) is 0 Å². The first-order valence-electron chi connectivity index (χ1n) is 6.32. The Morgan fingerprint density at radius 2 is 2.06 bits per heavy atom. The third-order valence-corrected chi connectivity index (χ3v) is 2.80. The van der Waals surface area contributed by atoms with Crippen molar-refractivity contribution in [1.29, 1.82) is 0 Å². The lowest BCUT2D eigenvalue weighted by molar-refractivity contribution is 0.478. The number of pyridine rings is 1. The van der Waals surface area contributed by atoms with E-state index in [2.05, 4.69) is 37.1 Å². The van der Waals surface area contributed by atoms with Crippen LogP contribution in [0.2, 0.25) is 0 Å². The number of rotatable bonds is 7. The van der Waals surface area contributed by atoms with Crippen molar-refractivity contribution in [3.8, 4) is 0 Å². The summed E-state index contributed by atoms with van der Waals surface area (Å²) in [5, 5.41) is 3.53. The normalized spacial score (nSPS) is 11.4. The fourth-order valence-electron chi connectivity index (χ4n) is 1.88. The summed E-state index contributed by atoms with van der Waals surface area (Å²) in [6.45, 7) is 6.76. The molecule has 16 heavy (non-hydrogen) atoms. The minimum Gasteiger partial charge on any atom is -0.379 e. The number of anilines is 1. The molecule has 0 saturated carbocycles. The van der Waals surface area contributed by atoms with E-state index >= 15 is 0 Å². The molecule has 0 atom stereocenters. The molecular formula is C14H24N2. The van der Waals surface area contributed by atoms with E-state index in [1.807, 2.05) is 12.3 Å². The summed E-state index contributed by atoms with van der Waals surface area (Å²) < 4.78 is 0. The molecule has 0 spiro atoms. The molecule has 0 unspecified atom stereocenters. The minimum atomic E-state index is 0.163. The maximum Gasteiger partial charge on any atom is 0.0530 e. The van der Waals surface area contributed by atoms with Crippen LogP contribution in [-0.4, -0.2) is 10.5 Å². The zero-order chi connectivity index (χ0) is 11.9. The quantitative estimate of drug-likeness (QED) is 0.695. The Hall–Kier alpha value is -1.05. The standard InChI is InChI=1S/C14H24N2/c1-4-5-6-7-10-14(2,3)16-13-9-8-11-15-12-13/h8-9,11-12,16H,4-7,10H2,1-3H3.